The summed E-state index contributed by atoms with van der Waals surface area (Å²) in [6, 6.07) is 12.9. The average Bonchev–Trinajstić information content (AvgIpc) is 3.39. The van der Waals surface area contributed by atoms with Crippen LogP contribution in [0.5, 0.6) is 11.6 Å². The highest BCUT2D eigenvalue weighted by molar-refractivity contribution is 7.89. The molecule has 11 heteroatoms. The van der Waals surface area contributed by atoms with Crippen molar-refractivity contribution in [3.05, 3.63) is 76.0 Å². The second kappa shape index (κ2) is 11.7. The van der Waals surface area contributed by atoms with Gasteiger partial charge >= 0.3 is 0 Å². The minimum absolute atomic E-state index is 0.123. The van der Waals surface area contributed by atoms with Crippen LogP contribution >= 0.6 is 0 Å². The maximum absolute atomic E-state index is 11.5. The summed E-state index contributed by atoms with van der Waals surface area (Å²) in [5.41, 5.74) is 5.57. The van der Waals surface area contributed by atoms with Crippen LogP contribution in [0.4, 0.5) is 5.95 Å². The van der Waals surface area contributed by atoms with Crippen LogP contribution in [0.2, 0.25) is 0 Å². The number of nitrogens with zero attached hydrogens (tertiary/aromatic N) is 4. The fraction of sp³-hybridized carbons (Fsp3) is 0.345. The number of nitrogens with two attached hydrogens (primary N) is 1. The number of nitriles is 1. The molecule has 0 saturated carbocycles. The van der Waals surface area contributed by atoms with Crippen molar-refractivity contribution in [1.82, 2.24) is 14.9 Å². The van der Waals surface area contributed by atoms with E-state index in [4.69, 9.17) is 29.8 Å². The number of primary sulfonamides is 1. The quantitative estimate of drug-likeness (QED) is 0.388. The van der Waals surface area contributed by atoms with E-state index in [1.54, 1.807) is 18.2 Å². The zero-order valence-corrected chi connectivity index (χ0v) is 23.4. The molecule has 208 valence electrons. The molecule has 0 spiro atoms. The van der Waals surface area contributed by atoms with Crippen LogP contribution in [0, 0.1) is 25.2 Å². The molecule has 2 aromatic carbocycles. The largest absolute Gasteiger partial charge is 0.438 e. The molecular formula is C29H32N6O4S. The van der Waals surface area contributed by atoms with Gasteiger partial charge in [0.2, 0.25) is 21.9 Å². The maximum atomic E-state index is 11.5. The molecule has 2 aliphatic rings. The summed E-state index contributed by atoms with van der Waals surface area (Å²) < 4.78 is 35.0. The van der Waals surface area contributed by atoms with E-state index in [0.29, 0.717) is 25.0 Å². The molecule has 0 bridgehead atoms. The van der Waals surface area contributed by atoms with Crippen LogP contribution in [0.15, 0.2) is 47.4 Å². The number of aryl methyl sites for hydroxylation is 2. The lowest BCUT2D eigenvalue weighted by Gasteiger charge is -2.32. The molecular weight excluding hydrogens is 528 g/mol. The predicted molar refractivity (Wildman–Crippen MR) is 151 cm³/mol. The van der Waals surface area contributed by atoms with Gasteiger partial charge in [-0.05, 0) is 79.3 Å². The van der Waals surface area contributed by atoms with Gasteiger partial charge in [0.05, 0.1) is 35.4 Å². The number of hydrogen-bond donors (Lipinski definition) is 2. The SMILES string of the molecule is Cc1cc(/C=C/C#N)cc(C)c1Oc1nc(NC2CCN(Cc3ccc(S(N)(=O)=O)cc3)CC2)nc2c1COC2. The molecule has 2 aliphatic heterocycles. The highest BCUT2D eigenvalue weighted by Gasteiger charge is 2.25. The summed E-state index contributed by atoms with van der Waals surface area (Å²) in [6.45, 7) is 7.29. The third-order valence-electron chi connectivity index (χ3n) is 7.15. The number of anilines is 1. The Hall–Kier alpha value is -3.82. The van der Waals surface area contributed by atoms with Crippen molar-refractivity contribution in [1.29, 1.82) is 5.26 Å². The van der Waals surface area contributed by atoms with Crippen molar-refractivity contribution in [3.8, 4) is 17.7 Å². The maximum Gasteiger partial charge on any atom is 0.238 e. The van der Waals surface area contributed by atoms with Gasteiger partial charge in [-0.3, -0.25) is 4.90 Å². The van der Waals surface area contributed by atoms with Crippen LogP contribution < -0.4 is 15.2 Å². The molecule has 1 saturated heterocycles. The van der Waals surface area contributed by atoms with Gasteiger partial charge < -0.3 is 14.8 Å². The van der Waals surface area contributed by atoms with Gasteiger partial charge in [-0.1, -0.05) is 12.1 Å². The average molecular weight is 561 g/mol. The Morgan fingerprint density at radius 1 is 1.15 bits per heavy atom. The summed E-state index contributed by atoms with van der Waals surface area (Å²) in [7, 11) is -3.69. The molecule has 0 unspecified atom stereocenters. The summed E-state index contributed by atoms with van der Waals surface area (Å²) in [5, 5.41) is 17.5. The Morgan fingerprint density at radius 2 is 1.85 bits per heavy atom. The van der Waals surface area contributed by atoms with Gasteiger partial charge in [0.15, 0.2) is 0 Å². The van der Waals surface area contributed by atoms with Gasteiger partial charge in [-0.25, -0.2) is 18.5 Å². The molecule has 1 fully saturated rings. The molecule has 40 heavy (non-hydrogen) atoms. The number of allylic oxidation sites excluding steroid dienone is 1. The van der Waals surface area contributed by atoms with Crippen LogP contribution in [-0.2, 0) is 34.5 Å². The molecule has 0 radical (unpaired) electrons. The number of likely N-dealkylation sites (tertiary alicyclic amines) is 1. The molecule has 1 aromatic heterocycles. The Bertz CT molecular complexity index is 1550. The lowest BCUT2D eigenvalue weighted by Crippen LogP contribution is -2.39. The van der Waals surface area contributed by atoms with Crippen LogP contribution in [-0.4, -0.2) is 42.4 Å². The van der Waals surface area contributed by atoms with Crippen molar-refractivity contribution >= 4 is 22.0 Å². The number of ether oxygens (including phenoxy) is 2. The Balaban J connectivity index is 1.24. The first kappa shape index (κ1) is 27.7. The highest BCUT2D eigenvalue weighted by atomic mass is 32.2. The highest BCUT2D eigenvalue weighted by Crippen LogP contribution is 2.35. The van der Waals surface area contributed by atoms with Crippen LogP contribution in [0.25, 0.3) is 6.08 Å². The Labute approximate surface area is 234 Å². The fourth-order valence-corrected chi connectivity index (χ4v) is 5.62. The molecule has 5 rings (SSSR count). The smallest absolute Gasteiger partial charge is 0.238 e. The lowest BCUT2D eigenvalue weighted by molar-refractivity contribution is 0.132. The zero-order valence-electron chi connectivity index (χ0n) is 22.6. The predicted octanol–water partition coefficient (Wildman–Crippen LogP) is 4.18. The summed E-state index contributed by atoms with van der Waals surface area (Å²) >= 11 is 0. The summed E-state index contributed by atoms with van der Waals surface area (Å²) in [5.74, 6) is 1.76. The second-order valence-electron chi connectivity index (χ2n) is 10.2. The summed E-state index contributed by atoms with van der Waals surface area (Å²) in [4.78, 5) is 11.9. The Kier molecular flexibility index (Phi) is 8.14. The third-order valence-corrected chi connectivity index (χ3v) is 8.08. The van der Waals surface area contributed by atoms with E-state index in [1.165, 1.54) is 6.08 Å². The first-order valence-corrected chi connectivity index (χ1v) is 14.7. The number of sulfonamides is 1. The summed E-state index contributed by atoms with van der Waals surface area (Å²) in [6.07, 6.45) is 5.06. The zero-order chi connectivity index (χ0) is 28.3. The fourth-order valence-electron chi connectivity index (χ4n) is 5.10. The number of aromatic nitrogens is 2. The number of rotatable bonds is 8. The number of benzene rings is 2. The standard InChI is InChI=1S/C29H32N6O4S/c1-19-14-22(4-3-11-30)15-20(2)27(19)39-28-25-17-38-18-26(25)33-29(34-28)32-23-9-12-35(13-10-23)16-21-5-7-24(8-6-21)40(31,36)37/h3-8,14-15,23H,9-10,12-13,16-18H2,1-2H3,(H2,31,36,37)(H,32,33,34)/b4-3+. The third kappa shape index (κ3) is 6.48. The first-order chi connectivity index (χ1) is 19.2. The van der Waals surface area contributed by atoms with E-state index >= 15 is 0 Å². The van der Waals surface area contributed by atoms with E-state index in [-0.39, 0.29) is 10.9 Å². The minimum Gasteiger partial charge on any atom is -0.438 e. The van der Waals surface area contributed by atoms with Crippen molar-refractivity contribution < 1.29 is 17.9 Å². The molecule has 0 aliphatic carbocycles. The number of nitrogens with one attached hydrogen (secondary N) is 1. The topological polar surface area (TPSA) is 143 Å². The molecule has 3 aromatic rings. The van der Waals surface area contributed by atoms with Gasteiger partial charge in [-0.15, -0.1) is 0 Å². The minimum atomic E-state index is -3.69. The van der Waals surface area contributed by atoms with Crippen molar-refractivity contribution in [2.24, 2.45) is 5.14 Å². The lowest BCUT2D eigenvalue weighted by atomic mass is 10.0. The van der Waals surface area contributed by atoms with Crippen molar-refractivity contribution in [2.45, 2.75) is 57.4 Å². The van der Waals surface area contributed by atoms with E-state index in [9.17, 15) is 8.42 Å². The van der Waals surface area contributed by atoms with Gasteiger partial charge in [0.1, 0.15) is 5.75 Å². The van der Waals surface area contributed by atoms with E-state index in [2.05, 4.69) is 10.2 Å². The molecule has 10 nitrogen and oxygen atoms in total. The molecule has 3 heterocycles. The van der Waals surface area contributed by atoms with E-state index < -0.39 is 10.0 Å². The number of fused-ring (bicyclic) bond motifs is 1. The second-order valence-corrected chi connectivity index (χ2v) is 11.8. The molecule has 3 N–H and O–H groups in total. The molecule has 0 amide bonds. The van der Waals surface area contributed by atoms with Gasteiger partial charge in [0.25, 0.3) is 0 Å². The van der Waals surface area contributed by atoms with Gasteiger partial charge in [0, 0.05) is 31.8 Å². The number of piperidine rings is 1. The van der Waals surface area contributed by atoms with Crippen molar-refractivity contribution in [3.63, 3.8) is 0 Å². The monoisotopic (exact) mass is 560 g/mol. The van der Waals surface area contributed by atoms with E-state index in [1.807, 2.05) is 44.2 Å². The Morgan fingerprint density at radius 3 is 2.50 bits per heavy atom. The van der Waals surface area contributed by atoms with Crippen LogP contribution in [0.3, 0.4) is 0 Å². The first-order valence-electron chi connectivity index (χ1n) is 13.1. The molecule has 0 atom stereocenters. The number of hydrogen-bond acceptors (Lipinski definition) is 9. The van der Waals surface area contributed by atoms with Gasteiger partial charge in [-0.2, -0.15) is 10.2 Å². The normalized spacial score (nSPS) is 16.1. The van der Waals surface area contributed by atoms with Crippen molar-refractivity contribution in [2.75, 3.05) is 18.4 Å². The van der Waals surface area contributed by atoms with E-state index in [0.717, 1.165) is 71.7 Å². The van der Waals surface area contributed by atoms with Crippen LogP contribution in [0.1, 0.15) is 46.4 Å².